The monoisotopic (exact) mass is 402 g/mol. The van der Waals surface area contributed by atoms with Gasteiger partial charge in [-0.05, 0) is 59.3 Å². The maximum Gasteiger partial charge on any atom is 0.160 e. The van der Waals surface area contributed by atoms with Gasteiger partial charge in [0.25, 0.3) is 0 Å². The fourth-order valence-corrected chi connectivity index (χ4v) is 5.07. The summed E-state index contributed by atoms with van der Waals surface area (Å²) < 4.78 is 2.44. The van der Waals surface area contributed by atoms with E-state index >= 15 is 0 Å². The van der Waals surface area contributed by atoms with E-state index in [1.807, 2.05) is 12.3 Å². The number of piperidine rings is 1. The van der Waals surface area contributed by atoms with Gasteiger partial charge in [-0.15, -0.1) is 0 Å². The molecular formula is C24H26N4S. The molecule has 4 heterocycles. The zero-order chi connectivity index (χ0) is 19.5. The van der Waals surface area contributed by atoms with Crippen LogP contribution in [0.25, 0.3) is 11.2 Å². The number of hydrogen-bond acceptors (Lipinski definition) is 4. The van der Waals surface area contributed by atoms with Gasteiger partial charge < -0.3 is 4.57 Å². The second kappa shape index (κ2) is 8.47. The summed E-state index contributed by atoms with van der Waals surface area (Å²) in [5, 5.41) is 4.44. The minimum atomic E-state index is 0.486. The van der Waals surface area contributed by atoms with Crippen LogP contribution in [-0.2, 0) is 19.4 Å². The van der Waals surface area contributed by atoms with E-state index in [0.717, 1.165) is 56.5 Å². The summed E-state index contributed by atoms with van der Waals surface area (Å²) in [6.45, 7) is 3.33. The number of fused-ring (bicyclic) bond motifs is 1. The summed E-state index contributed by atoms with van der Waals surface area (Å²) in [6, 6.07) is 17.5. The van der Waals surface area contributed by atoms with Crippen molar-refractivity contribution in [1.29, 1.82) is 0 Å². The molecule has 4 nitrogen and oxygen atoms in total. The first-order valence-corrected chi connectivity index (χ1v) is 11.4. The molecule has 1 aliphatic rings. The lowest BCUT2D eigenvalue weighted by Gasteiger charge is -2.33. The lowest BCUT2D eigenvalue weighted by molar-refractivity contribution is 0.180. The van der Waals surface area contributed by atoms with Gasteiger partial charge in [0.2, 0.25) is 0 Å². The van der Waals surface area contributed by atoms with Gasteiger partial charge in [0.15, 0.2) is 5.65 Å². The molecule has 1 fully saturated rings. The van der Waals surface area contributed by atoms with Crippen molar-refractivity contribution in [2.75, 3.05) is 13.1 Å². The second-order valence-corrected chi connectivity index (χ2v) is 8.65. The molecule has 1 saturated heterocycles. The Labute approximate surface area is 175 Å². The van der Waals surface area contributed by atoms with Gasteiger partial charge in [-0.3, -0.25) is 4.90 Å². The summed E-state index contributed by atoms with van der Waals surface area (Å²) in [5.74, 6) is 1.18. The van der Waals surface area contributed by atoms with E-state index in [9.17, 15) is 0 Å². The minimum Gasteiger partial charge on any atom is -0.309 e. The largest absolute Gasteiger partial charge is 0.309 e. The molecule has 1 aromatic carbocycles. The van der Waals surface area contributed by atoms with Crippen molar-refractivity contribution < 1.29 is 0 Å². The van der Waals surface area contributed by atoms with E-state index in [-0.39, 0.29) is 0 Å². The number of likely N-dealkylation sites (tertiary alicyclic amines) is 1. The molecule has 0 atom stereocenters. The topological polar surface area (TPSA) is 34.0 Å². The molecule has 5 rings (SSSR count). The van der Waals surface area contributed by atoms with Gasteiger partial charge in [-0.2, -0.15) is 11.3 Å². The zero-order valence-corrected chi connectivity index (χ0v) is 17.4. The number of thiophene rings is 1. The number of benzene rings is 1. The van der Waals surface area contributed by atoms with Gasteiger partial charge in [0, 0.05) is 38.3 Å². The van der Waals surface area contributed by atoms with Crippen molar-refractivity contribution >= 4 is 22.5 Å². The zero-order valence-electron chi connectivity index (χ0n) is 16.6. The van der Waals surface area contributed by atoms with Crippen LogP contribution in [-0.4, -0.2) is 32.5 Å². The van der Waals surface area contributed by atoms with Crippen molar-refractivity contribution in [3.05, 3.63) is 82.4 Å². The molecule has 3 aromatic heterocycles. The molecule has 0 saturated carbocycles. The highest BCUT2D eigenvalue weighted by Gasteiger charge is 2.25. The summed E-state index contributed by atoms with van der Waals surface area (Å²) in [4.78, 5) is 12.2. The first-order chi connectivity index (χ1) is 14.4. The SMILES string of the molecule is c1ccc(CCc2nc3cccnc3n2C2CCN(Cc3ccsc3)CC2)cc1. The molecule has 148 valence electrons. The van der Waals surface area contributed by atoms with Gasteiger partial charge in [-0.25, -0.2) is 9.97 Å². The average molecular weight is 403 g/mol. The predicted octanol–water partition coefficient (Wildman–Crippen LogP) is 5.12. The highest BCUT2D eigenvalue weighted by molar-refractivity contribution is 7.07. The van der Waals surface area contributed by atoms with E-state index in [1.165, 1.54) is 17.0 Å². The van der Waals surface area contributed by atoms with Crippen LogP contribution in [0.5, 0.6) is 0 Å². The minimum absolute atomic E-state index is 0.486. The molecule has 0 radical (unpaired) electrons. The Bertz CT molecular complexity index is 1050. The molecule has 0 unspecified atom stereocenters. The predicted molar refractivity (Wildman–Crippen MR) is 119 cm³/mol. The molecular weight excluding hydrogens is 376 g/mol. The number of rotatable bonds is 6. The fraction of sp³-hybridized carbons (Fsp3) is 0.333. The van der Waals surface area contributed by atoms with E-state index < -0.39 is 0 Å². The van der Waals surface area contributed by atoms with Crippen LogP contribution < -0.4 is 0 Å². The number of imidazole rings is 1. The van der Waals surface area contributed by atoms with Crippen LogP contribution in [0, 0.1) is 0 Å². The molecule has 4 aromatic rings. The third-order valence-electron chi connectivity index (χ3n) is 5.91. The van der Waals surface area contributed by atoms with E-state index in [2.05, 4.69) is 62.7 Å². The Morgan fingerprint density at radius 2 is 1.79 bits per heavy atom. The molecule has 5 heteroatoms. The van der Waals surface area contributed by atoms with Crippen molar-refractivity contribution in [3.63, 3.8) is 0 Å². The molecule has 0 N–H and O–H groups in total. The second-order valence-electron chi connectivity index (χ2n) is 7.87. The lowest BCUT2D eigenvalue weighted by atomic mass is 10.0. The van der Waals surface area contributed by atoms with Gasteiger partial charge in [0.1, 0.15) is 11.3 Å². The fourth-order valence-electron chi connectivity index (χ4n) is 4.41. The van der Waals surface area contributed by atoms with Crippen molar-refractivity contribution in [2.45, 2.75) is 38.3 Å². The highest BCUT2D eigenvalue weighted by Crippen LogP contribution is 2.29. The maximum absolute atomic E-state index is 4.97. The van der Waals surface area contributed by atoms with Crippen molar-refractivity contribution in [1.82, 2.24) is 19.4 Å². The Balaban J connectivity index is 1.34. The Morgan fingerprint density at radius 3 is 2.59 bits per heavy atom. The van der Waals surface area contributed by atoms with Crippen LogP contribution in [0.2, 0.25) is 0 Å². The smallest absolute Gasteiger partial charge is 0.160 e. The normalized spacial score (nSPS) is 15.9. The van der Waals surface area contributed by atoms with E-state index in [0.29, 0.717) is 6.04 Å². The Hall–Kier alpha value is -2.50. The average Bonchev–Trinajstić information content (AvgIpc) is 3.41. The van der Waals surface area contributed by atoms with Crippen molar-refractivity contribution in [2.24, 2.45) is 0 Å². The number of pyridine rings is 1. The first kappa shape index (κ1) is 18.5. The van der Waals surface area contributed by atoms with Crippen LogP contribution in [0.15, 0.2) is 65.5 Å². The highest BCUT2D eigenvalue weighted by atomic mass is 32.1. The quantitative estimate of drug-likeness (QED) is 0.449. The molecule has 1 aliphatic heterocycles. The molecule has 0 amide bonds. The van der Waals surface area contributed by atoms with Gasteiger partial charge in [0.05, 0.1) is 0 Å². The number of hydrogen-bond donors (Lipinski definition) is 0. The third kappa shape index (κ3) is 4.11. The van der Waals surface area contributed by atoms with E-state index in [4.69, 9.17) is 9.97 Å². The molecule has 0 aliphatic carbocycles. The standard InChI is InChI=1S/C24H26N4S/c1-2-5-19(6-3-1)8-9-23-26-22-7-4-13-25-24(22)28(23)21-10-14-27(15-11-21)17-20-12-16-29-18-20/h1-7,12-13,16,18,21H,8-11,14-15,17H2. The Kier molecular flexibility index (Phi) is 5.41. The third-order valence-corrected chi connectivity index (χ3v) is 6.64. The van der Waals surface area contributed by atoms with Crippen LogP contribution in [0.1, 0.15) is 35.8 Å². The molecule has 29 heavy (non-hydrogen) atoms. The summed E-state index contributed by atoms with van der Waals surface area (Å²) >= 11 is 1.79. The van der Waals surface area contributed by atoms with E-state index in [1.54, 1.807) is 11.3 Å². The van der Waals surface area contributed by atoms with Crippen molar-refractivity contribution in [3.8, 4) is 0 Å². The lowest BCUT2D eigenvalue weighted by Crippen LogP contribution is -2.34. The molecule has 0 spiro atoms. The number of aryl methyl sites for hydroxylation is 2. The summed E-state index contributed by atoms with van der Waals surface area (Å²) in [7, 11) is 0. The Morgan fingerprint density at radius 1 is 0.931 bits per heavy atom. The first-order valence-electron chi connectivity index (χ1n) is 10.5. The number of aromatic nitrogens is 3. The van der Waals surface area contributed by atoms with Gasteiger partial charge >= 0.3 is 0 Å². The summed E-state index contributed by atoms with van der Waals surface area (Å²) in [5.41, 5.74) is 4.87. The maximum atomic E-state index is 4.97. The van der Waals surface area contributed by atoms with Crippen LogP contribution >= 0.6 is 11.3 Å². The van der Waals surface area contributed by atoms with Crippen LogP contribution in [0.4, 0.5) is 0 Å². The number of nitrogens with zero attached hydrogens (tertiary/aromatic N) is 4. The molecule has 0 bridgehead atoms. The summed E-state index contributed by atoms with van der Waals surface area (Å²) in [6.07, 6.45) is 6.18. The van der Waals surface area contributed by atoms with Gasteiger partial charge in [-0.1, -0.05) is 30.3 Å². The van der Waals surface area contributed by atoms with Crippen LogP contribution in [0.3, 0.4) is 0 Å².